The highest BCUT2D eigenvalue weighted by Crippen LogP contribution is 2.51. The molecular formula is C14H16N3O6P. The third-order valence-electron chi connectivity index (χ3n) is 2.75. The maximum Gasteiger partial charge on any atom is 0.424 e. The molecule has 1 aromatic carbocycles. The van der Waals surface area contributed by atoms with Crippen molar-refractivity contribution in [3.05, 3.63) is 43.1 Å². The van der Waals surface area contributed by atoms with Crippen LogP contribution in [-0.2, 0) is 9.19 Å². The maximum absolute atomic E-state index is 12.6. The van der Waals surface area contributed by atoms with Crippen molar-refractivity contribution < 1.29 is 28.3 Å². The van der Waals surface area contributed by atoms with Gasteiger partial charge in [-0.05, 0) is 0 Å². The van der Waals surface area contributed by atoms with Crippen molar-refractivity contribution >= 4 is 13.4 Å². The standard InChI is InChI=1S/C14H16N3O6P/c1-4-24(19,23-17-13-9-15-5-6-16-13)22-10-7-11(20-2)14(18)12(8-10)21-3/h4-9,18H,1H2,2-3H3,(H,16,17). The molecule has 1 heterocycles. The number of nitrogens with one attached hydrogen (secondary N) is 1. The molecule has 1 atom stereocenters. The molecule has 128 valence electrons. The number of ether oxygens (including phenoxy) is 2. The number of aromatic hydroxyl groups is 1. The van der Waals surface area contributed by atoms with Gasteiger partial charge in [0.2, 0.25) is 5.75 Å². The van der Waals surface area contributed by atoms with E-state index in [0.717, 1.165) is 5.82 Å². The highest BCUT2D eigenvalue weighted by molar-refractivity contribution is 7.57. The van der Waals surface area contributed by atoms with Gasteiger partial charge in [-0.15, -0.1) is 0 Å². The van der Waals surface area contributed by atoms with Crippen LogP contribution in [-0.4, -0.2) is 29.3 Å². The van der Waals surface area contributed by atoms with E-state index >= 15 is 0 Å². The summed E-state index contributed by atoms with van der Waals surface area (Å²) in [6.07, 6.45) is 4.28. The Morgan fingerprint density at radius 2 is 1.92 bits per heavy atom. The van der Waals surface area contributed by atoms with E-state index in [-0.39, 0.29) is 28.8 Å². The first-order valence-electron chi connectivity index (χ1n) is 6.60. The Bertz CT molecular complexity index is 730. The Hall–Kier alpha value is -2.77. The normalized spacial score (nSPS) is 12.8. The van der Waals surface area contributed by atoms with Crippen molar-refractivity contribution in [3.63, 3.8) is 0 Å². The number of phenols is 1. The first-order valence-corrected chi connectivity index (χ1v) is 8.21. The van der Waals surface area contributed by atoms with E-state index < -0.39 is 7.60 Å². The molecular weight excluding hydrogens is 337 g/mol. The fraction of sp³-hybridized carbons (Fsp3) is 0.143. The van der Waals surface area contributed by atoms with Gasteiger partial charge in [0.1, 0.15) is 5.75 Å². The molecule has 0 aliphatic heterocycles. The van der Waals surface area contributed by atoms with E-state index in [4.69, 9.17) is 18.6 Å². The van der Waals surface area contributed by atoms with E-state index in [9.17, 15) is 9.67 Å². The van der Waals surface area contributed by atoms with Gasteiger partial charge in [0.25, 0.3) is 0 Å². The van der Waals surface area contributed by atoms with Crippen LogP contribution in [0.15, 0.2) is 43.1 Å². The van der Waals surface area contributed by atoms with Gasteiger partial charge in [-0.3, -0.25) is 4.98 Å². The second-order valence-corrected chi connectivity index (χ2v) is 6.08. The average molecular weight is 353 g/mol. The zero-order chi connectivity index (χ0) is 17.6. The molecule has 0 fully saturated rings. The molecule has 9 nitrogen and oxygen atoms in total. The van der Waals surface area contributed by atoms with Crippen LogP contribution in [0.3, 0.4) is 0 Å². The number of anilines is 1. The van der Waals surface area contributed by atoms with Crippen LogP contribution < -0.4 is 19.5 Å². The van der Waals surface area contributed by atoms with Crippen LogP contribution in [0.25, 0.3) is 0 Å². The van der Waals surface area contributed by atoms with Crippen molar-refractivity contribution in [2.75, 3.05) is 19.7 Å². The third kappa shape index (κ3) is 4.15. The van der Waals surface area contributed by atoms with Crippen LogP contribution >= 0.6 is 7.60 Å². The highest BCUT2D eigenvalue weighted by Gasteiger charge is 2.25. The first kappa shape index (κ1) is 17.6. The molecule has 0 bridgehead atoms. The summed E-state index contributed by atoms with van der Waals surface area (Å²) in [6.45, 7) is 3.44. The summed E-state index contributed by atoms with van der Waals surface area (Å²) in [5, 5.41) is 9.87. The lowest BCUT2D eigenvalue weighted by Crippen LogP contribution is -2.04. The van der Waals surface area contributed by atoms with Gasteiger partial charge in [-0.25, -0.2) is 15.0 Å². The molecule has 10 heteroatoms. The summed E-state index contributed by atoms with van der Waals surface area (Å²) in [7, 11) is -1.05. The Balaban J connectivity index is 2.19. The van der Waals surface area contributed by atoms with E-state index in [1.165, 1.54) is 44.9 Å². The van der Waals surface area contributed by atoms with Crippen LogP contribution in [0.2, 0.25) is 0 Å². The quantitative estimate of drug-likeness (QED) is 0.546. The fourth-order valence-electron chi connectivity index (χ4n) is 1.62. The number of benzene rings is 1. The second kappa shape index (κ2) is 7.67. The zero-order valence-electron chi connectivity index (χ0n) is 13.0. The van der Waals surface area contributed by atoms with Gasteiger partial charge in [0, 0.05) is 30.3 Å². The minimum atomic E-state index is -3.77. The fourth-order valence-corrected chi connectivity index (χ4v) is 2.43. The molecule has 1 unspecified atom stereocenters. The molecule has 2 aromatic rings. The molecule has 0 spiro atoms. The topological polar surface area (TPSA) is 112 Å². The Morgan fingerprint density at radius 1 is 1.25 bits per heavy atom. The predicted octanol–water partition coefficient (Wildman–Crippen LogP) is 2.96. The molecule has 2 N–H and O–H groups in total. The summed E-state index contributed by atoms with van der Waals surface area (Å²) < 4.78 is 33.0. The third-order valence-corrected chi connectivity index (χ3v) is 4.01. The van der Waals surface area contributed by atoms with Crippen molar-refractivity contribution in [1.82, 2.24) is 9.97 Å². The van der Waals surface area contributed by atoms with E-state index in [0.29, 0.717) is 0 Å². The highest BCUT2D eigenvalue weighted by atomic mass is 31.2. The molecule has 0 saturated heterocycles. The number of methoxy groups -OCH3 is 2. The van der Waals surface area contributed by atoms with Crippen molar-refractivity contribution in [2.45, 2.75) is 0 Å². The zero-order valence-corrected chi connectivity index (χ0v) is 13.9. The lowest BCUT2D eigenvalue weighted by Gasteiger charge is -2.17. The van der Waals surface area contributed by atoms with Gasteiger partial charge in [0.05, 0.1) is 20.4 Å². The second-order valence-electron chi connectivity index (χ2n) is 4.27. The van der Waals surface area contributed by atoms with E-state index in [1.807, 2.05) is 0 Å². The monoisotopic (exact) mass is 353 g/mol. The van der Waals surface area contributed by atoms with Crippen LogP contribution in [0, 0.1) is 0 Å². The maximum atomic E-state index is 12.6. The van der Waals surface area contributed by atoms with Gasteiger partial charge in [0.15, 0.2) is 17.3 Å². The Kier molecular flexibility index (Phi) is 5.62. The molecule has 0 radical (unpaired) electrons. The number of aromatic nitrogens is 2. The van der Waals surface area contributed by atoms with Crippen LogP contribution in [0.4, 0.5) is 5.82 Å². The number of phenolic OH excluding ortho intramolecular Hbond substituents is 1. The summed E-state index contributed by atoms with van der Waals surface area (Å²) in [5.74, 6) is 1.31. The summed E-state index contributed by atoms with van der Waals surface area (Å²) in [6, 6.07) is 2.67. The molecule has 24 heavy (non-hydrogen) atoms. The average Bonchev–Trinajstić information content (AvgIpc) is 2.62. The summed E-state index contributed by atoms with van der Waals surface area (Å²) >= 11 is 0. The molecule has 2 rings (SSSR count). The van der Waals surface area contributed by atoms with Gasteiger partial charge >= 0.3 is 7.60 Å². The number of hydrogen-bond acceptors (Lipinski definition) is 9. The van der Waals surface area contributed by atoms with E-state index in [2.05, 4.69) is 22.0 Å². The number of rotatable bonds is 8. The number of nitrogens with zero attached hydrogens (tertiary/aromatic N) is 2. The summed E-state index contributed by atoms with van der Waals surface area (Å²) in [4.78, 5) is 7.73. The molecule has 0 aliphatic rings. The molecule has 0 saturated carbocycles. The van der Waals surface area contributed by atoms with Gasteiger partial charge in [-0.2, -0.15) is 4.62 Å². The van der Waals surface area contributed by atoms with Crippen molar-refractivity contribution in [3.8, 4) is 23.0 Å². The van der Waals surface area contributed by atoms with E-state index in [1.54, 1.807) is 0 Å². The smallest absolute Gasteiger partial charge is 0.424 e. The predicted molar refractivity (Wildman–Crippen MR) is 86.4 cm³/mol. The first-order chi connectivity index (χ1) is 11.5. The SMILES string of the molecule is C=CP(=O)(ONc1cnccn1)Oc1cc(OC)c(O)c(OC)c1. The largest absolute Gasteiger partial charge is 0.502 e. The molecule has 1 aromatic heterocycles. The molecule has 0 amide bonds. The number of hydrogen-bond donors (Lipinski definition) is 2. The lowest BCUT2D eigenvalue weighted by molar-refractivity contribution is 0.319. The summed E-state index contributed by atoms with van der Waals surface area (Å²) in [5.41, 5.74) is 2.38. The van der Waals surface area contributed by atoms with Crippen molar-refractivity contribution in [2.24, 2.45) is 0 Å². The molecule has 0 aliphatic carbocycles. The lowest BCUT2D eigenvalue weighted by atomic mass is 10.3. The Labute approximate surface area is 138 Å². The van der Waals surface area contributed by atoms with Crippen LogP contribution in [0.5, 0.6) is 23.0 Å². The van der Waals surface area contributed by atoms with Crippen LogP contribution in [0.1, 0.15) is 0 Å². The van der Waals surface area contributed by atoms with Crippen molar-refractivity contribution in [1.29, 1.82) is 0 Å². The minimum Gasteiger partial charge on any atom is -0.502 e. The Morgan fingerprint density at radius 3 is 2.42 bits per heavy atom. The van der Waals surface area contributed by atoms with Gasteiger partial charge < -0.3 is 19.1 Å². The minimum absolute atomic E-state index is 0.0850. The van der Waals surface area contributed by atoms with Gasteiger partial charge in [-0.1, -0.05) is 6.58 Å².